The van der Waals surface area contributed by atoms with E-state index in [1.165, 1.54) is 208 Å². The second-order valence-electron chi connectivity index (χ2n) is 18.2. The Morgan fingerprint density at radius 3 is 1.10 bits per heavy atom. The van der Waals surface area contributed by atoms with Crippen LogP contribution in [0, 0.1) is 25.7 Å². The molecular weight excluding hydrogens is 887 g/mol. The summed E-state index contributed by atoms with van der Waals surface area (Å²) in [6, 6.07) is 45.3. The van der Waals surface area contributed by atoms with Crippen molar-refractivity contribution < 1.29 is 23.3 Å². The van der Waals surface area contributed by atoms with Crippen molar-refractivity contribution in [2.75, 3.05) is 0 Å². The van der Waals surface area contributed by atoms with Crippen molar-refractivity contribution in [2.45, 2.75) is 155 Å². The predicted molar refractivity (Wildman–Crippen MR) is 279 cm³/mol. The van der Waals surface area contributed by atoms with Gasteiger partial charge in [-0.1, -0.05) is 188 Å². The molecule has 4 heteroatoms. The van der Waals surface area contributed by atoms with Crippen molar-refractivity contribution in [2.24, 2.45) is 10.8 Å². The van der Waals surface area contributed by atoms with Gasteiger partial charge < -0.3 is 14.9 Å². The van der Waals surface area contributed by atoms with E-state index in [2.05, 4.69) is 142 Å². The van der Waals surface area contributed by atoms with Crippen LogP contribution in [0.2, 0.25) is 0 Å². The summed E-state index contributed by atoms with van der Waals surface area (Å²) in [5.74, 6) is 0. The van der Waals surface area contributed by atoms with Gasteiger partial charge in [-0.2, -0.15) is 12.1 Å². The third-order valence-corrected chi connectivity index (χ3v) is 13.8. The molecule has 0 N–H and O–H groups in total. The average molecular weight is 965 g/mol. The molecule has 2 aliphatic carbocycles. The Morgan fingerprint density at radius 1 is 0.452 bits per heavy atom. The van der Waals surface area contributed by atoms with E-state index in [0.29, 0.717) is 10.8 Å². The van der Waals surface area contributed by atoms with Crippen LogP contribution in [0.1, 0.15) is 153 Å². The van der Waals surface area contributed by atoms with Crippen molar-refractivity contribution in [1.29, 1.82) is 0 Å². The van der Waals surface area contributed by atoms with E-state index in [4.69, 9.17) is 0 Å². The Kier molecular flexibility index (Phi) is 26.5. The molecule has 0 nitrogen and oxygen atoms in total. The van der Waals surface area contributed by atoms with Gasteiger partial charge in [0.05, 0.1) is 0 Å². The molecule has 336 valence electrons. The Bertz CT molecular complexity index is 1910. The summed E-state index contributed by atoms with van der Waals surface area (Å²) in [5.41, 5.74) is 9.59. The number of hydrogen-bond donors (Lipinski definition) is 0. The zero-order valence-electron chi connectivity index (χ0n) is 38.9. The van der Waals surface area contributed by atoms with Crippen molar-refractivity contribution in [3.63, 3.8) is 0 Å². The van der Waals surface area contributed by atoms with E-state index < -0.39 is 0 Å². The zero-order chi connectivity index (χ0) is 40.5. The molecular formula is C58H78Cl2SiZr-4. The monoisotopic (exact) mass is 962 g/mol. The van der Waals surface area contributed by atoms with Crippen LogP contribution in [0.4, 0.5) is 0 Å². The molecule has 6 aromatic rings. The van der Waals surface area contributed by atoms with Gasteiger partial charge in [0.2, 0.25) is 0 Å². The van der Waals surface area contributed by atoms with Crippen LogP contribution in [0.25, 0.3) is 43.8 Å². The second-order valence-corrected chi connectivity index (χ2v) is 18.2. The molecule has 8 rings (SSSR count). The fourth-order valence-electron chi connectivity index (χ4n) is 11.2. The fourth-order valence-corrected chi connectivity index (χ4v) is 11.2. The first kappa shape index (κ1) is 55.9. The average Bonchev–Trinajstić information content (AvgIpc) is 3.91. The van der Waals surface area contributed by atoms with Crippen LogP contribution < -0.4 is 0 Å². The fraction of sp³-hybridized carbons (Fsp3) is 0.448. The van der Waals surface area contributed by atoms with E-state index in [1.807, 2.05) is 0 Å². The van der Waals surface area contributed by atoms with Crippen LogP contribution in [0.15, 0.2) is 121 Å². The Labute approximate surface area is 409 Å². The first-order chi connectivity index (χ1) is 28.6. The standard InChI is InChI=1S/2C28H35.2CH3.2ClH.Si.Zr/c2*1-2-17-28(18-10-5-3-4-6-11-19-28)22-23-20-25-15-12-16-26(27(25)21-23)24-13-8-7-9-14-24;;;;;;/h2*7-9,12-16,20-21H,2-6,10-11,17-19,22H2,1H3;2*1H3;2*1H;;/q4*-1;;;;. The SMILES string of the molecule is CCCC1(Cc2cc3c(-c4ccccc4)cccc3[cH-]2)CCCCCCCC1.CCCC1(Cc2cc3c(-c4ccccc4)cccc3[cH-]2)CCCCCCCC1.Cl.Cl.[CH3-].[CH3-].[Si]=[Zr]. The van der Waals surface area contributed by atoms with Gasteiger partial charge in [0.1, 0.15) is 0 Å². The van der Waals surface area contributed by atoms with Gasteiger partial charge in [-0.3, -0.25) is 0 Å². The first-order valence-electron chi connectivity index (χ1n) is 23.3. The van der Waals surface area contributed by atoms with Gasteiger partial charge in [-0.05, 0) is 73.3 Å². The van der Waals surface area contributed by atoms with Crippen LogP contribution in [-0.4, -0.2) is 6.88 Å². The van der Waals surface area contributed by atoms with E-state index in [0.717, 1.165) is 0 Å². The van der Waals surface area contributed by atoms with E-state index >= 15 is 0 Å². The molecule has 0 aliphatic heterocycles. The van der Waals surface area contributed by atoms with Gasteiger partial charge in [0, 0.05) is 0 Å². The van der Waals surface area contributed by atoms with Crippen molar-refractivity contribution in [3.8, 4) is 22.3 Å². The quantitative estimate of drug-likeness (QED) is 0.0948. The molecule has 0 heterocycles. The molecule has 2 fully saturated rings. The third kappa shape index (κ3) is 15.5. The molecule has 0 amide bonds. The van der Waals surface area contributed by atoms with E-state index in [9.17, 15) is 0 Å². The third-order valence-electron chi connectivity index (χ3n) is 13.8. The maximum atomic E-state index is 3.06. The summed E-state index contributed by atoms with van der Waals surface area (Å²) in [7, 11) is 0. The number of benzene rings is 4. The summed E-state index contributed by atoms with van der Waals surface area (Å²) < 4.78 is 0. The zero-order valence-corrected chi connectivity index (χ0v) is 44.0. The molecule has 2 saturated carbocycles. The Hall–Kier alpha value is -2.22. The minimum absolute atomic E-state index is 0. The van der Waals surface area contributed by atoms with Gasteiger partial charge >= 0.3 is 30.2 Å². The van der Waals surface area contributed by atoms with Crippen LogP contribution >= 0.6 is 24.8 Å². The van der Waals surface area contributed by atoms with Gasteiger partial charge in [-0.25, -0.2) is 0 Å². The van der Waals surface area contributed by atoms with Gasteiger partial charge in [-0.15, -0.1) is 93.9 Å². The second kappa shape index (κ2) is 29.3. The molecule has 0 aromatic heterocycles. The summed E-state index contributed by atoms with van der Waals surface area (Å²) >= 11 is 1.36. The summed E-state index contributed by atoms with van der Waals surface area (Å²) in [6.07, 6.45) is 30.9. The molecule has 62 heavy (non-hydrogen) atoms. The molecule has 2 radical (unpaired) electrons. The van der Waals surface area contributed by atoms with E-state index in [1.54, 1.807) is 11.1 Å². The number of fused-ring (bicyclic) bond motifs is 2. The van der Waals surface area contributed by atoms with Crippen LogP contribution in [0.3, 0.4) is 0 Å². The molecule has 0 saturated heterocycles. The van der Waals surface area contributed by atoms with Crippen molar-refractivity contribution in [1.82, 2.24) is 0 Å². The normalized spacial score (nSPS) is 16.1. The van der Waals surface area contributed by atoms with Crippen molar-refractivity contribution >= 4 is 53.2 Å². The number of halogens is 2. The Morgan fingerprint density at radius 2 is 0.774 bits per heavy atom. The summed E-state index contributed by atoms with van der Waals surface area (Å²) in [5, 5.41) is 5.67. The summed E-state index contributed by atoms with van der Waals surface area (Å²) in [6.45, 7) is 7.82. The first-order valence-corrected chi connectivity index (χ1v) is 27.5. The van der Waals surface area contributed by atoms with Gasteiger partial charge in [0.25, 0.3) is 0 Å². The molecule has 6 aromatic carbocycles. The maximum absolute atomic E-state index is 3.06. The minimum atomic E-state index is 0. The molecule has 0 atom stereocenters. The van der Waals surface area contributed by atoms with Gasteiger partial charge in [0.15, 0.2) is 0 Å². The van der Waals surface area contributed by atoms with Crippen molar-refractivity contribution in [3.05, 3.63) is 147 Å². The Balaban J connectivity index is 0.000000386. The molecule has 0 unspecified atom stereocenters. The van der Waals surface area contributed by atoms with E-state index in [-0.39, 0.29) is 39.7 Å². The molecule has 0 bridgehead atoms. The van der Waals surface area contributed by atoms with Crippen LogP contribution in [0.5, 0.6) is 0 Å². The number of hydrogen-bond acceptors (Lipinski definition) is 0. The number of rotatable bonds is 10. The molecule has 0 spiro atoms. The predicted octanol–water partition coefficient (Wildman–Crippen LogP) is 18.7. The summed E-state index contributed by atoms with van der Waals surface area (Å²) in [4.78, 5) is 0. The molecule has 2 aliphatic rings. The van der Waals surface area contributed by atoms with Crippen LogP contribution in [-0.2, 0) is 36.2 Å². The topological polar surface area (TPSA) is 0 Å².